The fourth-order valence-corrected chi connectivity index (χ4v) is 5.23. The summed E-state index contributed by atoms with van der Waals surface area (Å²) >= 11 is 1.54. The molecule has 0 radical (unpaired) electrons. The standard InChI is InChI=1S/C17H16FN3O3S2/c18-14-4-1-5-15(9-14)26(22,23)21-7-2-3-12(10-21)16-19-20-17(24-16)13-6-8-25-11-13/h1,4-6,8-9,11-12H,2-3,7,10H2. The lowest BCUT2D eigenvalue weighted by Crippen LogP contribution is -2.39. The number of hydrogen-bond donors (Lipinski definition) is 0. The highest BCUT2D eigenvalue weighted by atomic mass is 32.2. The summed E-state index contributed by atoms with van der Waals surface area (Å²) in [6.07, 6.45) is 1.44. The van der Waals surface area contributed by atoms with E-state index in [9.17, 15) is 12.8 Å². The Bertz CT molecular complexity index is 1000. The molecule has 1 aliphatic rings. The molecule has 1 saturated heterocycles. The number of halogens is 1. The first-order valence-corrected chi connectivity index (χ1v) is 10.5. The van der Waals surface area contributed by atoms with Crippen LogP contribution in [0.2, 0.25) is 0 Å². The van der Waals surface area contributed by atoms with Gasteiger partial charge in [0.15, 0.2) is 0 Å². The number of benzene rings is 1. The molecule has 3 aromatic rings. The second kappa shape index (κ2) is 6.90. The van der Waals surface area contributed by atoms with Gasteiger partial charge in [-0.25, -0.2) is 12.8 Å². The van der Waals surface area contributed by atoms with Crippen LogP contribution in [0.15, 0.2) is 50.4 Å². The lowest BCUT2D eigenvalue weighted by molar-refractivity contribution is 0.286. The summed E-state index contributed by atoms with van der Waals surface area (Å²) in [6.45, 7) is 0.630. The van der Waals surface area contributed by atoms with Crippen LogP contribution in [-0.4, -0.2) is 36.0 Å². The van der Waals surface area contributed by atoms with Crippen molar-refractivity contribution in [3.05, 3.63) is 52.8 Å². The molecular formula is C17H16FN3O3S2. The number of sulfonamides is 1. The lowest BCUT2D eigenvalue weighted by Gasteiger charge is -2.30. The second-order valence-electron chi connectivity index (χ2n) is 6.12. The first-order valence-electron chi connectivity index (χ1n) is 8.16. The van der Waals surface area contributed by atoms with Crippen molar-refractivity contribution >= 4 is 21.4 Å². The Kier molecular flexibility index (Phi) is 4.60. The van der Waals surface area contributed by atoms with Crippen LogP contribution in [-0.2, 0) is 10.0 Å². The van der Waals surface area contributed by atoms with E-state index in [4.69, 9.17) is 4.42 Å². The Morgan fingerprint density at radius 3 is 2.92 bits per heavy atom. The Morgan fingerprint density at radius 2 is 2.15 bits per heavy atom. The van der Waals surface area contributed by atoms with Gasteiger partial charge >= 0.3 is 0 Å². The van der Waals surface area contributed by atoms with Gasteiger partial charge in [0.2, 0.25) is 21.8 Å². The van der Waals surface area contributed by atoms with Crippen molar-refractivity contribution in [1.82, 2.24) is 14.5 Å². The number of hydrogen-bond acceptors (Lipinski definition) is 6. The zero-order chi connectivity index (χ0) is 18.1. The van der Waals surface area contributed by atoms with E-state index in [1.54, 1.807) is 0 Å². The van der Waals surface area contributed by atoms with Gasteiger partial charge in [-0.1, -0.05) is 6.07 Å². The van der Waals surface area contributed by atoms with Crippen LogP contribution in [0.1, 0.15) is 24.7 Å². The minimum atomic E-state index is -3.76. The largest absolute Gasteiger partial charge is 0.420 e. The molecule has 0 bridgehead atoms. The van der Waals surface area contributed by atoms with Gasteiger partial charge < -0.3 is 4.42 Å². The molecule has 1 fully saturated rings. The number of aromatic nitrogens is 2. The van der Waals surface area contributed by atoms with Crippen molar-refractivity contribution in [2.45, 2.75) is 23.7 Å². The van der Waals surface area contributed by atoms with Crippen LogP contribution < -0.4 is 0 Å². The van der Waals surface area contributed by atoms with Crippen molar-refractivity contribution < 1.29 is 17.2 Å². The number of piperidine rings is 1. The Labute approximate surface area is 154 Å². The van der Waals surface area contributed by atoms with E-state index < -0.39 is 15.8 Å². The Hall–Kier alpha value is -2.10. The molecule has 0 N–H and O–H groups in total. The molecule has 1 atom stereocenters. The average Bonchev–Trinajstić information content (AvgIpc) is 3.33. The summed E-state index contributed by atoms with van der Waals surface area (Å²) in [6, 6.07) is 6.96. The number of nitrogens with zero attached hydrogens (tertiary/aromatic N) is 3. The fraction of sp³-hybridized carbons (Fsp3) is 0.294. The monoisotopic (exact) mass is 393 g/mol. The maximum atomic E-state index is 13.4. The molecule has 136 valence electrons. The van der Waals surface area contributed by atoms with Gasteiger partial charge in [-0.05, 0) is 42.5 Å². The molecule has 4 rings (SSSR count). The molecule has 0 aliphatic carbocycles. The SMILES string of the molecule is O=S(=O)(c1cccc(F)c1)N1CCCC(c2nnc(-c3ccsc3)o2)C1. The predicted molar refractivity (Wildman–Crippen MR) is 94.7 cm³/mol. The molecule has 0 saturated carbocycles. The molecule has 0 amide bonds. The third kappa shape index (κ3) is 3.29. The van der Waals surface area contributed by atoms with Crippen molar-refractivity contribution in [1.29, 1.82) is 0 Å². The fourth-order valence-electron chi connectivity index (χ4n) is 3.04. The summed E-state index contributed by atoms with van der Waals surface area (Å²) in [5, 5.41) is 12.0. The van der Waals surface area contributed by atoms with Crippen molar-refractivity contribution in [2.24, 2.45) is 0 Å². The molecular weight excluding hydrogens is 377 g/mol. The van der Waals surface area contributed by atoms with E-state index in [1.807, 2.05) is 16.8 Å². The first-order chi connectivity index (χ1) is 12.5. The van der Waals surface area contributed by atoms with Gasteiger partial charge in [-0.3, -0.25) is 0 Å². The molecule has 3 heterocycles. The van der Waals surface area contributed by atoms with Gasteiger partial charge in [-0.15, -0.1) is 10.2 Å². The van der Waals surface area contributed by atoms with Crippen molar-refractivity contribution in [2.75, 3.05) is 13.1 Å². The quantitative estimate of drug-likeness (QED) is 0.678. The third-order valence-electron chi connectivity index (χ3n) is 4.38. The summed E-state index contributed by atoms with van der Waals surface area (Å²) < 4.78 is 46.2. The molecule has 1 aliphatic heterocycles. The van der Waals surface area contributed by atoms with Crippen LogP contribution in [0.4, 0.5) is 4.39 Å². The molecule has 1 aromatic carbocycles. The zero-order valence-electron chi connectivity index (χ0n) is 13.7. The smallest absolute Gasteiger partial charge is 0.248 e. The van der Waals surface area contributed by atoms with Crippen molar-refractivity contribution in [3.63, 3.8) is 0 Å². The highest BCUT2D eigenvalue weighted by Crippen LogP contribution is 2.31. The van der Waals surface area contributed by atoms with Crippen LogP contribution in [0, 0.1) is 5.82 Å². The maximum Gasteiger partial charge on any atom is 0.248 e. The number of rotatable bonds is 4. The van der Waals surface area contributed by atoms with Crippen LogP contribution in [0.25, 0.3) is 11.5 Å². The molecule has 26 heavy (non-hydrogen) atoms. The minimum absolute atomic E-state index is 0.0392. The molecule has 2 aromatic heterocycles. The van der Waals surface area contributed by atoms with E-state index in [0.717, 1.165) is 18.1 Å². The van der Waals surface area contributed by atoms with E-state index in [0.29, 0.717) is 24.7 Å². The summed E-state index contributed by atoms with van der Waals surface area (Å²) in [7, 11) is -3.76. The molecule has 6 nitrogen and oxygen atoms in total. The van der Waals surface area contributed by atoms with Crippen LogP contribution >= 0.6 is 11.3 Å². The van der Waals surface area contributed by atoms with E-state index in [-0.39, 0.29) is 17.4 Å². The van der Waals surface area contributed by atoms with Crippen molar-refractivity contribution in [3.8, 4) is 11.5 Å². The highest BCUT2D eigenvalue weighted by Gasteiger charge is 2.33. The van der Waals surface area contributed by atoms with Gasteiger partial charge in [0.05, 0.1) is 10.8 Å². The maximum absolute atomic E-state index is 13.4. The summed E-state index contributed by atoms with van der Waals surface area (Å²) in [5.41, 5.74) is 0.855. The lowest BCUT2D eigenvalue weighted by atomic mass is 10.00. The molecule has 9 heteroatoms. The topological polar surface area (TPSA) is 76.3 Å². The van der Waals surface area contributed by atoms with Crippen LogP contribution in [0.5, 0.6) is 0 Å². The molecule has 1 unspecified atom stereocenters. The van der Waals surface area contributed by atoms with Gasteiger partial charge in [-0.2, -0.15) is 15.6 Å². The van der Waals surface area contributed by atoms with Gasteiger partial charge in [0.1, 0.15) is 5.82 Å². The number of thiophene rings is 1. The predicted octanol–water partition coefficient (Wildman–Crippen LogP) is 3.51. The Morgan fingerprint density at radius 1 is 1.27 bits per heavy atom. The minimum Gasteiger partial charge on any atom is -0.420 e. The van der Waals surface area contributed by atoms with Gasteiger partial charge in [0.25, 0.3) is 0 Å². The second-order valence-corrected chi connectivity index (χ2v) is 8.84. The normalized spacial score (nSPS) is 18.9. The molecule has 0 spiro atoms. The van der Waals surface area contributed by atoms with E-state index in [2.05, 4.69) is 10.2 Å². The average molecular weight is 393 g/mol. The highest BCUT2D eigenvalue weighted by molar-refractivity contribution is 7.89. The zero-order valence-corrected chi connectivity index (χ0v) is 15.3. The Balaban J connectivity index is 1.56. The first kappa shape index (κ1) is 17.3. The van der Waals surface area contributed by atoms with Crippen LogP contribution in [0.3, 0.4) is 0 Å². The van der Waals surface area contributed by atoms with E-state index >= 15 is 0 Å². The summed E-state index contributed by atoms with van der Waals surface area (Å²) in [4.78, 5) is -0.0392. The van der Waals surface area contributed by atoms with Gasteiger partial charge in [0, 0.05) is 24.0 Å². The third-order valence-corrected chi connectivity index (χ3v) is 6.92. The summed E-state index contributed by atoms with van der Waals surface area (Å²) in [5.74, 6) is 0.126. The van der Waals surface area contributed by atoms with E-state index in [1.165, 1.54) is 33.8 Å².